The second kappa shape index (κ2) is 4.29. The number of nitriles is 1. The van der Waals surface area contributed by atoms with Gasteiger partial charge in [-0.2, -0.15) is 5.26 Å². The van der Waals surface area contributed by atoms with Crippen LogP contribution in [-0.4, -0.2) is 5.78 Å². The van der Waals surface area contributed by atoms with Crippen molar-refractivity contribution in [1.82, 2.24) is 0 Å². The predicted octanol–water partition coefficient (Wildman–Crippen LogP) is 0.888. The molecule has 0 aromatic rings. The van der Waals surface area contributed by atoms with E-state index in [-0.39, 0.29) is 5.78 Å². The molecule has 11 heavy (non-hydrogen) atoms. The molecule has 0 aliphatic heterocycles. The molecule has 3 nitrogen and oxygen atoms in total. The molecule has 0 spiro atoms. The van der Waals surface area contributed by atoms with Gasteiger partial charge in [0.05, 0.1) is 5.57 Å². The van der Waals surface area contributed by atoms with Gasteiger partial charge in [0, 0.05) is 5.70 Å². The first-order chi connectivity index (χ1) is 5.07. The lowest BCUT2D eigenvalue weighted by atomic mass is 10.2. The lowest BCUT2D eigenvalue weighted by Gasteiger charge is -1.90. The number of ketones is 1. The number of nitrogens with zero attached hydrogens (tertiary/aromatic N) is 1. The van der Waals surface area contributed by atoms with Gasteiger partial charge in [-0.3, -0.25) is 4.79 Å². The fraction of sp³-hybridized carbons (Fsp3) is 0.250. The smallest absolute Gasteiger partial charge is 0.152 e. The molecule has 0 aliphatic rings. The molecule has 0 saturated carbocycles. The molecule has 0 unspecified atom stereocenters. The van der Waals surface area contributed by atoms with Crippen molar-refractivity contribution < 1.29 is 4.79 Å². The van der Waals surface area contributed by atoms with Crippen LogP contribution in [0, 0.1) is 11.3 Å². The van der Waals surface area contributed by atoms with Crippen molar-refractivity contribution in [1.29, 1.82) is 5.26 Å². The monoisotopic (exact) mass is 150 g/mol. The number of rotatable bonds is 2. The van der Waals surface area contributed by atoms with Crippen LogP contribution in [0.5, 0.6) is 0 Å². The van der Waals surface area contributed by atoms with Crippen molar-refractivity contribution in [3.05, 3.63) is 23.4 Å². The second-order valence-corrected chi connectivity index (χ2v) is 2.15. The highest BCUT2D eigenvalue weighted by Gasteiger charge is 1.92. The summed E-state index contributed by atoms with van der Waals surface area (Å²) in [5.41, 5.74) is 6.08. The van der Waals surface area contributed by atoms with Crippen LogP contribution in [0.25, 0.3) is 0 Å². The fourth-order valence-corrected chi connectivity index (χ4v) is 0.458. The summed E-state index contributed by atoms with van der Waals surface area (Å²) >= 11 is 0. The molecule has 2 N–H and O–H groups in total. The van der Waals surface area contributed by atoms with Crippen LogP contribution in [-0.2, 0) is 4.79 Å². The fourth-order valence-electron chi connectivity index (χ4n) is 0.458. The highest BCUT2D eigenvalue weighted by atomic mass is 16.1. The molecule has 0 bridgehead atoms. The molecule has 0 aromatic carbocycles. The molecule has 0 fully saturated rings. The van der Waals surface area contributed by atoms with E-state index in [4.69, 9.17) is 11.0 Å². The molecule has 0 atom stereocenters. The maximum Gasteiger partial charge on any atom is 0.152 e. The van der Waals surface area contributed by atoms with E-state index in [2.05, 4.69) is 0 Å². The number of carbonyl (C=O) groups excluding carboxylic acids is 1. The minimum atomic E-state index is -0.0981. The molecule has 3 heteroatoms. The van der Waals surface area contributed by atoms with Crippen LogP contribution in [0.1, 0.15) is 13.8 Å². The van der Waals surface area contributed by atoms with Crippen LogP contribution in [0.3, 0.4) is 0 Å². The largest absolute Gasteiger partial charge is 0.401 e. The SMILES string of the molecule is CC(=O)C=CC(C#N)=C(C)N. The Kier molecular flexibility index (Phi) is 3.68. The van der Waals surface area contributed by atoms with E-state index in [0.29, 0.717) is 11.3 Å². The van der Waals surface area contributed by atoms with Crippen LogP contribution in [0.4, 0.5) is 0 Å². The number of allylic oxidation sites excluding steroid dienone is 4. The van der Waals surface area contributed by atoms with Crippen molar-refractivity contribution in [2.24, 2.45) is 5.73 Å². The minimum absolute atomic E-state index is 0.0981. The summed E-state index contributed by atoms with van der Waals surface area (Å²) in [5, 5.41) is 8.46. The van der Waals surface area contributed by atoms with E-state index >= 15 is 0 Å². The molecule has 0 saturated heterocycles. The van der Waals surface area contributed by atoms with Crippen LogP contribution < -0.4 is 5.73 Å². The summed E-state index contributed by atoms with van der Waals surface area (Å²) < 4.78 is 0. The summed E-state index contributed by atoms with van der Waals surface area (Å²) in [5.74, 6) is -0.0981. The predicted molar refractivity (Wildman–Crippen MR) is 42.3 cm³/mol. The van der Waals surface area contributed by atoms with Crippen LogP contribution >= 0.6 is 0 Å². The van der Waals surface area contributed by atoms with Gasteiger partial charge in [0.15, 0.2) is 5.78 Å². The summed E-state index contributed by atoms with van der Waals surface area (Å²) in [6.07, 6.45) is 2.73. The molecular weight excluding hydrogens is 140 g/mol. The van der Waals surface area contributed by atoms with Crippen LogP contribution in [0.2, 0.25) is 0 Å². The van der Waals surface area contributed by atoms with Gasteiger partial charge in [-0.1, -0.05) is 0 Å². The lowest BCUT2D eigenvalue weighted by Crippen LogP contribution is -1.95. The van der Waals surface area contributed by atoms with E-state index in [0.717, 1.165) is 0 Å². The third-order valence-electron chi connectivity index (χ3n) is 1.03. The minimum Gasteiger partial charge on any atom is -0.401 e. The summed E-state index contributed by atoms with van der Waals surface area (Å²) in [6, 6.07) is 1.87. The lowest BCUT2D eigenvalue weighted by molar-refractivity contribution is -0.112. The molecule has 0 heterocycles. The average molecular weight is 150 g/mol. The van der Waals surface area contributed by atoms with E-state index < -0.39 is 0 Å². The zero-order valence-electron chi connectivity index (χ0n) is 6.59. The van der Waals surface area contributed by atoms with Gasteiger partial charge in [-0.05, 0) is 26.0 Å². The Balaban J connectivity index is 4.50. The normalized spacial score (nSPS) is 12.5. The third kappa shape index (κ3) is 3.93. The molecule has 0 amide bonds. The average Bonchev–Trinajstić information content (AvgIpc) is 1.87. The molecular formula is C8H10N2O. The third-order valence-corrected chi connectivity index (χ3v) is 1.03. The van der Waals surface area contributed by atoms with Gasteiger partial charge in [0.2, 0.25) is 0 Å². The maximum absolute atomic E-state index is 10.4. The number of nitrogens with two attached hydrogens (primary N) is 1. The molecule has 0 rings (SSSR count). The van der Waals surface area contributed by atoms with Gasteiger partial charge in [-0.25, -0.2) is 0 Å². The second-order valence-electron chi connectivity index (χ2n) is 2.15. The molecule has 0 aromatic heterocycles. The van der Waals surface area contributed by atoms with Crippen molar-refractivity contribution in [2.75, 3.05) is 0 Å². The Morgan fingerprint density at radius 2 is 2.00 bits per heavy atom. The Morgan fingerprint density at radius 3 is 2.27 bits per heavy atom. The van der Waals surface area contributed by atoms with Crippen molar-refractivity contribution in [3.63, 3.8) is 0 Å². The quantitative estimate of drug-likeness (QED) is 0.361. The molecule has 0 aliphatic carbocycles. The van der Waals surface area contributed by atoms with E-state index in [1.165, 1.54) is 19.1 Å². The van der Waals surface area contributed by atoms with Gasteiger partial charge >= 0.3 is 0 Å². The number of carbonyl (C=O) groups is 1. The highest BCUT2D eigenvalue weighted by Crippen LogP contribution is 1.98. The first kappa shape index (κ1) is 9.44. The number of hydrogen-bond donors (Lipinski definition) is 1. The maximum atomic E-state index is 10.4. The summed E-state index contributed by atoms with van der Waals surface area (Å²) in [7, 11) is 0. The topological polar surface area (TPSA) is 66.9 Å². The first-order valence-electron chi connectivity index (χ1n) is 3.13. The van der Waals surface area contributed by atoms with E-state index in [9.17, 15) is 4.79 Å². The van der Waals surface area contributed by atoms with Crippen molar-refractivity contribution in [2.45, 2.75) is 13.8 Å². The highest BCUT2D eigenvalue weighted by molar-refractivity contribution is 5.87. The Bertz CT molecular complexity index is 252. The van der Waals surface area contributed by atoms with Crippen molar-refractivity contribution in [3.8, 4) is 6.07 Å². The van der Waals surface area contributed by atoms with E-state index in [1.807, 2.05) is 6.07 Å². The van der Waals surface area contributed by atoms with Crippen molar-refractivity contribution >= 4 is 5.78 Å². The molecule has 0 radical (unpaired) electrons. The summed E-state index contributed by atoms with van der Waals surface area (Å²) in [4.78, 5) is 10.4. The van der Waals surface area contributed by atoms with Gasteiger partial charge in [0.1, 0.15) is 6.07 Å². The zero-order valence-corrected chi connectivity index (χ0v) is 6.59. The Labute approximate surface area is 65.8 Å². The van der Waals surface area contributed by atoms with Gasteiger partial charge in [0.25, 0.3) is 0 Å². The van der Waals surface area contributed by atoms with Gasteiger partial charge in [-0.15, -0.1) is 0 Å². The van der Waals surface area contributed by atoms with E-state index in [1.54, 1.807) is 6.92 Å². The Hall–Kier alpha value is -1.56. The first-order valence-corrected chi connectivity index (χ1v) is 3.13. The number of hydrogen-bond acceptors (Lipinski definition) is 3. The summed E-state index contributed by atoms with van der Waals surface area (Å²) in [6.45, 7) is 3.03. The Morgan fingerprint density at radius 1 is 1.45 bits per heavy atom. The zero-order chi connectivity index (χ0) is 8.85. The van der Waals surface area contributed by atoms with Gasteiger partial charge < -0.3 is 5.73 Å². The standard InChI is InChI=1S/C8H10N2O/c1-6(11)3-4-8(5-9)7(2)10/h3-4H,10H2,1-2H3. The molecule has 58 valence electrons. The van der Waals surface area contributed by atoms with Crippen LogP contribution in [0.15, 0.2) is 23.4 Å².